The van der Waals surface area contributed by atoms with E-state index >= 15 is 0 Å². The number of halogens is 2. The molecule has 1 N–H and O–H groups in total. The highest BCUT2D eigenvalue weighted by Gasteiger charge is 2.13. The summed E-state index contributed by atoms with van der Waals surface area (Å²) in [5.41, 5.74) is 1.70. The van der Waals surface area contributed by atoms with Gasteiger partial charge in [0.2, 0.25) is 0 Å². The average Bonchev–Trinajstić information content (AvgIpc) is 2.45. The lowest BCUT2D eigenvalue weighted by molar-refractivity contribution is 0.0600. The molecule has 0 unspecified atom stereocenters. The van der Waals surface area contributed by atoms with E-state index in [1.807, 2.05) is 0 Å². The van der Waals surface area contributed by atoms with E-state index < -0.39 is 11.9 Å². The van der Waals surface area contributed by atoms with Crippen molar-refractivity contribution in [3.63, 3.8) is 0 Å². The topological polar surface area (TPSA) is 63.6 Å². The number of esters is 1. The molecule has 21 heavy (non-hydrogen) atoms. The number of carbonyl (C=O) groups excluding carboxylic acids is 1. The molecule has 0 fully saturated rings. The molecule has 2 rings (SSSR count). The Morgan fingerprint density at radius 2 is 1.43 bits per heavy atom. The zero-order chi connectivity index (χ0) is 15.6. The number of aromatic carboxylic acids is 1. The summed E-state index contributed by atoms with van der Waals surface area (Å²) >= 11 is 12.0. The van der Waals surface area contributed by atoms with Crippen molar-refractivity contribution < 1.29 is 19.4 Å². The van der Waals surface area contributed by atoms with Crippen molar-refractivity contribution in [2.75, 3.05) is 7.11 Å². The molecule has 0 heterocycles. The van der Waals surface area contributed by atoms with Gasteiger partial charge in [-0.15, -0.1) is 0 Å². The molecule has 2 aromatic carbocycles. The first-order chi connectivity index (χ1) is 9.93. The molecule has 0 amide bonds. The largest absolute Gasteiger partial charge is 0.478 e. The molecule has 0 radical (unpaired) electrons. The summed E-state index contributed by atoms with van der Waals surface area (Å²) in [6.45, 7) is 0. The van der Waals surface area contributed by atoms with Crippen LogP contribution in [0.1, 0.15) is 20.7 Å². The number of methoxy groups -OCH3 is 1. The number of carbonyl (C=O) groups is 2. The first kappa shape index (κ1) is 15.4. The highest BCUT2D eigenvalue weighted by molar-refractivity contribution is 6.34. The molecule has 0 saturated carbocycles. The van der Waals surface area contributed by atoms with Crippen molar-refractivity contribution >= 4 is 35.1 Å². The maximum absolute atomic E-state index is 11.5. The van der Waals surface area contributed by atoms with Crippen molar-refractivity contribution in [3.05, 3.63) is 57.6 Å². The summed E-state index contributed by atoms with van der Waals surface area (Å²) in [6.07, 6.45) is 0. The third-order valence-corrected chi connectivity index (χ3v) is 3.53. The first-order valence-electron chi connectivity index (χ1n) is 5.85. The maximum Gasteiger partial charge on any atom is 0.339 e. The summed E-state index contributed by atoms with van der Waals surface area (Å²) in [6, 6.07) is 9.40. The van der Waals surface area contributed by atoms with Crippen LogP contribution in [0.25, 0.3) is 11.1 Å². The lowest BCUT2D eigenvalue weighted by Crippen LogP contribution is -2.02. The second-order valence-corrected chi connectivity index (χ2v) is 5.00. The Balaban J connectivity index is 2.44. The van der Waals surface area contributed by atoms with Crippen LogP contribution in [0.4, 0.5) is 0 Å². The third kappa shape index (κ3) is 3.17. The Labute approximate surface area is 130 Å². The van der Waals surface area contributed by atoms with Crippen molar-refractivity contribution in [1.82, 2.24) is 0 Å². The highest BCUT2D eigenvalue weighted by atomic mass is 35.5. The quantitative estimate of drug-likeness (QED) is 0.861. The van der Waals surface area contributed by atoms with Crippen molar-refractivity contribution in [2.24, 2.45) is 0 Å². The highest BCUT2D eigenvalue weighted by Crippen LogP contribution is 2.29. The molecule has 0 atom stereocenters. The van der Waals surface area contributed by atoms with Crippen LogP contribution in [0.2, 0.25) is 10.0 Å². The second kappa shape index (κ2) is 6.16. The number of benzene rings is 2. The minimum absolute atomic E-state index is 0.0256. The zero-order valence-corrected chi connectivity index (χ0v) is 12.4. The van der Waals surface area contributed by atoms with E-state index in [0.717, 1.165) is 0 Å². The molecule has 0 bridgehead atoms. The Morgan fingerprint density at radius 1 is 0.952 bits per heavy atom. The van der Waals surface area contributed by atoms with Crippen molar-refractivity contribution in [2.45, 2.75) is 0 Å². The standard InChI is InChI=1S/C15H10Cl2O4/c1-21-15(20)11-5-3-9(7-13(11)17)8-2-4-10(14(18)19)12(16)6-8/h2-7H,1H3,(H,18,19). The van der Waals surface area contributed by atoms with E-state index in [-0.39, 0.29) is 21.2 Å². The molecule has 0 aliphatic carbocycles. The van der Waals surface area contributed by atoms with Gasteiger partial charge < -0.3 is 9.84 Å². The number of carboxylic acids is 1. The van der Waals surface area contributed by atoms with Gasteiger partial charge in [-0.05, 0) is 35.4 Å². The van der Waals surface area contributed by atoms with Gasteiger partial charge in [0.05, 0.1) is 28.3 Å². The van der Waals surface area contributed by atoms with Crippen LogP contribution in [-0.4, -0.2) is 24.2 Å². The smallest absolute Gasteiger partial charge is 0.339 e. The van der Waals surface area contributed by atoms with E-state index in [9.17, 15) is 9.59 Å². The van der Waals surface area contributed by atoms with E-state index in [4.69, 9.17) is 28.3 Å². The molecule has 0 spiro atoms. The van der Waals surface area contributed by atoms with E-state index in [1.54, 1.807) is 24.3 Å². The second-order valence-electron chi connectivity index (χ2n) is 4.19. The number of carboxylic acid groups (broad SMARTS) is 1. The molecule has 0 saturated heterocycles. The number of ether oxygens (including phenoxy) is 1. The fourth-order valence-corrected chi connectivity index (χ4v) is 2.36. The van der Waals surface area contributed by atoms with Gasteiger partial charge in [-0.2, -0.15) is 0 Å². The molecule has 0 aliphatic heterocycles. The fourth-order valence-electron chi connectivity index (χ4n) is 1.84. The van der Waals surface area contributed by atoms with Gasteiger partial charge in [0, 0.05) is 0 Å². The van der Waals surface area contributed by atoms with Crippen LogP contribution in [0, 0.1) is 0 Å². The predicted octanol–water partition coefficient (Wildman–Crippen LogP) is 4.15. The Hall–Kier alpha value is -2.04. The molecule has 108 valence electrons. The van der Waals surface area contributed by atoms with Crippen molar-refractivity contribution in [1.29, 1.82) is 0 Å². The zero-order valence-electron chi connectivity index (χ0n) is 10.9. The summed E-state index contributed by atoms with van der Waals surface area (Å²) in [5.74, 6) is -1.61. The van der Waals surface area contributed by atoms with Crippen LogP contribution < -0.4 is 0 Å². The Bertz CT molecular complexity index is 726. The molecular formula is C15H10Cl2O4. The average molecular weight is 325 g/mol. The number of rotatable bonds is 3. The van der Waals surface area contributed by atoms with E-state index in [1.165, 1.54) is 19.2 Å². The van der Waals surface area contributed by atoms with Gasteiger partial charge in [-0.3, -0.25) is 0 Å². The van der Waals surface area contributed by atoms with Gasteiger partial charge in [0.1, 0.15) is 0 Å². The Kier molecular flexibility index (Phi) is 4.50. The number of hydrogen-bond acceptors (Lipinski definition) is 3. The van der Waals surface area contributed by atoms with Crippen LogP contribution in [0.15, 0.2) is 36.4 Å². The van der Waals surface area contributed by atoms with E-state index in [2.05, 4.69) is 4.74 Å². The van der Waals surface area contributed by atoms with Crippen LogP contribution >= 0.6 is 23.2 Å². The van der Waals surface area contributed by atoms with Gasteiger partial charge in [-0.1, -0.05) is 35.3 Å². The van der Waals surface area contributed by atoms with E-state index in [0.29, 0.717) is 11.1 Å². The molecule has 2 aromatic rings. The lowest BCUT2D eigenvalue weighted by Gasteiger charge is -2.07. The monoisotopic (exact) mass is 324 g/mol. The minimum atomic E-state index is -1.09. The minimum Gasteiger partial charge on any atom is -0.478 e. The lowest BCUT2D eigenvalue weighted by atomic mass is 10.0. The summed E-state index contributed by atoms with van der Waals surface area (Å²) in [5, 5.41) is 9.32. The predicted molar refractivity (Wildman–Crippen MR) is 80.2 cm³/mol. The summed E-state index contributed by atoms with van der Waals surface area (Å²) < 4.78 is 4.61. The Morgan fingerprint density at radius 3 is 1.81 bits per heavy atom. The van der Waals surface area contributed by atoms with Gasteiger partial charge in [0.25, 0.3) is 0 Å². The maximum atomic E-state index is 11.5. The molecule has 6 heteroatoms. The van der Waals surface area contributed by atoms with Crippen LogP contribution in [0.5, 0.6) is 0 Å². The molecular weight excluding hydrogens is 315 g/mol. The normalized spacial score (nSPS) is 10.2. The van der Waals surface area contributed by atoms with Gasteiger partial charge in [-0.25, -0.2) is 9.59 Å². The van der Waals surface area contributed by atoms with Crippen LogP contribution in [0.3, 0.4) is 0 Å². The van der Waals surface area contributed by atoms with Crippen LogP contribution in [-0.2, 0) is 4.74 Å². The first-order valence-corrected chi connectivity index (χ1v) is 6.60. The third-order valence-electron chi connectivity index (χ3n) is 2.91. The molecule has 0 aliphatic rings. The SMILES string of the molecule is COC(=O)c1ccc(-c2ccc(C(=O)O)c(Cl)c2)cc1Cl. The summed E-state index contributed by atoms with van der Waals surface area (Å²) in [7, 11) is 1.27. The van der Waals surface area contributed by atoms with Crippen molar-refractivity contribution in [3.8, 4) is 11.1 Å². The number of hydrogen-bond donors (Lipinski definition) is 1. The van der Waals surface area contributed by atoms with Gasteiger partial charge in [0.15, 0.2) is 0 Å². The summed E-state index contributed by atoms with van der Waals surface area (Å²) in [4.78, 5) is 22.4. The molecule has 0 aromatic heterocycles. The molecule has 4 nitrogen and oxygen atoms in total. The fraction of sp³-hybridized carbons (Fsp3) is 0.0667. The van der Waals surface area contributed by atoms with Gasteiger partial charge >= 0.3 is 11.9 Å².